The van der Waals surface area contributed by atoms with E-state index >= 15 is 0 Å². The van der Waals surface area contributed by atoms with Crippen LogP contribution in [0.5, 0.6) is 11.5 Å². The third-order valence-electron chi connectivity index (χ3n) is 7.85. The van der Waals surface area contributed by atoms with Gasteiger partial charge in [-0.15, -0.1) is 0 Å². The number of carbonyl (C=O) groups is 2. The fraction of sp³-hybridized carbons (Fsp3) is 0.242. The zero-order valence-corrected chi connectivity index (χ0v) is 25.2. The van der Waals surface area contributed by atoms with E-state index in [4.69, 9.17) is 4.74 Å². The molecule has 0 aliphatic carbocycles. The Kier molecular flexibility index (Phi) is 8.87. The monoisotopic (exact) mass is 652 g/mol. The van der Waals surface area contributed by atoms with Gasteiger partial charge in [0.2, 0.25) is 0 Å². The van der Waals surface area contributed by atoms with E-state index in [0.29, 0.717) is 53.8 Å². The summed E-state index contributed by atoms with van der Waals surface area (Å²) >= 11 is 0. The molecule has 0 saturated carbocycles. The minimum Gasteiger partial charge on any atom is -0.457 e. The number of rotatable bonds is 6. The van der Waals surface area contributed by atoms with Crippen LogP contribution in [0.15, 0.2) is 89.8 Å². The predicted molar refractivity (Wildman–Crippen MR) is 162 cm³/mol. The van der Waals surface area contributed by atoms with Gasteiger partial charge in [0.25, 0.3) is 5.91 Å². The number of carbonyl (C=O) groups excluding carboxylic acids is 2. The number of aromatic nitrogens is 1. The average Bonchev–Trinajstić information content (AvgIpc) is 3.08. The quantitative estimate of drug-likeness (QED) is 0.253. The van der Waals surface area contributed by atoms with Crippen molar-refractivity contribution in [3.8, 4) is 22.8 Å². The topological polar surface area (TPSA) is 83.1 Å². The molecule has 1 fully saturated rings. The fourth-order valence-electron chi connectivity index (χ4n) is 5.41. The van der Waals surface area contributed by atoms with Gasteiger partial charge in [0.15, 0.2) is 0 Å². The SMILES string of the molecule is O=C(c1cccc(-c2ccc(Oc3ccc(F)cc3)cc2)n1)N1CCN(S(=O)c2ccc3c(c2)CN(C(=O)C(F)(F)F)CC3)CC1. The van der Waals surface area contributed by atoms with E-state index in [-0.39, 0.29) is 36.9 Å². The highest BCUT2D eigenvalue weighted by molar-refractivity contribution is 7.82. The van der Waals surface area contributed by atoms with Crippen molar-refractivity contribution in [1.29, 1.82) is 0 Å². The lowest BCUT2D eigenvalue weighted by molar-refractivity contribution is -0.186. The van der Waals surface area contributed by atoms with Gasteiger partial charge in [-0.1, -0.05) is 12.1 Å². The van der Waals surface area contributed by atoms with Crippen molar-refractivity contribution in [1.82, 2.24) is 19.1 Å². The standard InChI is InChI=1S/C33H28F4N4O4S/c34-25-7-11-27(12-8-25)45-26-9-4-23(5-10-26)29-2-1-3-30(38-29)31(42)39-16-18-41(19-17-39)46(44)28-13-6-22-14-15-40(21-24(22)20-28)32(43)33(35,36)37/h1-13,20H,14-19,21H2. The Morgan fingerprint density at radius 3 is 2.13 bits per heavy atom. The molecule has 1 unspecified atom stereocenters. The number of pyridine rings is 1. The molecule has 46 heavy (non-hydrogen) atoms. The Morgan fingerprint density at radius 1 is 0.783 bits per heavy atom. The van der Waals surface area contributed by atoms with Crippen molar-refractivity contribution in [3.63, 3.8) is 0 Å². The third-order valence-corrected chi connectivity index (χ3v) is 9.34. The van der Waals surface area contributed by atoms with Crippen molar-refractivity contribution < 1.29 is 36.1 Å². The minimum absolute atomic E-state index is 0.0262. The van der Waals surface area contributed by atoms with E-state index in [0.717, 1.165) is 16.0 Å². The van der Waals surface area contributed by atoms with Crippen LogP contribution < -0.4 is 4.74 Å². The van der Waals surface area contributed by atoms with Gasteiger partial charge < -0.3 is 14.5 Å². The number of ether oxygens (including phenoxy) is 1. The van der Waals surface area contributed by atoms with E-state index in [1.54, 1.807) is 57.7 Å². The van der Waals surface area contributed by atoms with Crippen molar-refractivity contribution in [2.24, 2.45) is 0 Å². The maximum atomic E-state index is 13.4. The molecule has 1 atom stereocenters. The Balaban J connectivity index is 1.06. The molecule has 238 valence electrons. The number of fused-ring (bicyclic) bond motifs is 1. The molecule has 2 amide bonds. The van der Waals surface area contributed by atoms with Gasteiger partial charge in [-0.25, -0.2) is 17.9 Å². The van der Waals surface area contributed by atoms with Crippen molar-refractivity contribution in [2.45, 2.75) is 24.0 Å². The van der Waals surface area contributed by atoms with Gasteiger partial charge >= 0.3 is 12.1 Å². The molecule has 4 aromatic rings. The van der Waals surface area contributed by atoms with E-state index in [9.17, 15) is 31.4 Å². The van der Waals surface area contributed by atoms with Gasteiger partial charge in [-0.3, -0.25) is 9.59 Å². The average molecular weight is 653 g/mol. The van der Waals surface area contributed by atoms with Crippen LogP contribution in [0.2, 0.25) is 0 Å². The Hall–Kier alpha value is -4.62. The number of halogens is 4. The first-order chi connectivity index (χ1) is 22.0. The second kappa shape index (κ2) is 13.0. The lowest BCUT2D eigenvalue weighted by Crippen LogP contribution is -2.49. The summed E-state index contributed by atoms with van der Waals surface area (Å²) in [5, 5.41) is 0. The smallest absolute Gasteiger partial charge is 0.457 e. The largest absolute Gasteiger partial charge is 0.471 e. The van der Waals surface area contributed by atoms with Crippen molar-refractivity contribution in [2.75, 3.05) is 32.7 Å². The molecule has 2 aliphatic heterocycles. The van der Waals surface area contributed by atoms with Crippen LogP contribution in [0.25, 0.3) is 11.3 Å². The molecule has 8 nitrogen and oxygen atoms in total. The van der Waals surface area contributed by atoms with E-state index in [2.05, 4.69) is 4.98 Å². The Bertz CT molecular complexity index is 1780. The maximum absolute atomic E-state index is 13.4. The predicted octanol–water partition coefficient (Wildman–Crippen LogP) is 5.61. The van der Waals surface area contributed by atoms with Crippen LogP contribution in [0.3, 0.4) is 0 Å². The first-order valence-corrected chi connectivity index (χ1v) is 15.6. The molecule has 0 spiro atoms. The van der Waals surface area contributed by atoms with Crippen molar-refractivity contribution in [3.05, 3.63) is 108 Å². The number of hydrogen-bond donors (Lipinski definition) is 0. The van der Waals surface area contributed by atoms with Crippen molar-refractivity contribution >= 4 is 22.8 Å². The molecule has 0 radical (unpaired) electrons. The minimum atomic E-state index is -4.94. The van der Waals surface area contributed by atoms with Crippen LogP contribution in [0, 0.1) is 5.82 Å². The van der Waals surface area contributed by atoms with Crippen LogP contribution >= 0.6 is 0 Å². The van der Waals surface area contributed by atoms with Crippen LogP contribution in [-0.4, -0.2) is 74.0 Å². The zero-order valence-electron chi connectivity index (χ0n) is 24.4. The molecule has 6 rings (SSSR count). The summed E-state index contributed by atoms with van der Waals surface area (Å²) in [7, 11) is -1.60. The summed E-state index contributed by atoms with van der Waals surface area (Å²) in [6.45, 7) is 1.05. The molecular formula is C33H28F4N4O4S. The second-order valence-corrected chi connectivity index (χ2v) is 12.3. The molecule has 1 saturated heterocycles. The molecule has 0 N–H and O–H groups in total. The van der Waals surface area contributed by atoms with Gasteiger partial charge in [-0.05, 0) is 90.3 Å². The number of alkyl halides is 3. The fourth-order valence-corrected chi connectivity index (χ4v) is 6.63. The summed E-state index contributed by atoms with van der Waals surface area (Å²) < 4.78 is 72.8. The molecule has 3 aromatic carbocycles. The zero-order chi connectivity index (χ0) is 32.4. The number of amides is 2. The number of hydrogen-bond acceptors (Lipinski definition) is 5. The van der Waals surface area contributed by atoms with Crippen LogP contribution in [-0.2, 0) is 28.7 Å². The molecular weight excluding hydrogens is 624 g/mol. The maximum Gasteiger partial charge on any atom is 0.471 e. The molecule has 2 aliphatic rings. The van der Waals surface area contributed by atoms with E-state index < -0.39 is 23.1 Å². The van der Waals surface area contributed by atoms with E-state index in [1.807, 2.05) is 12.1 Å². The highest BCUT2D eigenvalue weighted by atomic mass is 32.2. The second-order valence-electron chi connectivity index (χ2n) is 10.9. The first kappa shape index (κ1) is 31.4. The summed E-state index contributed by atoms with van der Waals surface area (Å²) in [5.74, 6) is -1.43. The number of piperazine rings is 1. The van der Waals surface area contributed by atoms with Gasteiger partial charge in [0.05, 0.1) is 10.6 Å². The summed E-state index contributed by atoms with van der Waals surface area (Å²) in [4.78, 5) is 32.5. The Morgan fingerprint density at radius 2 is 1.46 bits per heavy atom. The molecule has 13 heteroatoms. The van der Waals surface area contributed by atoms with Gasteiger partial charge in [-0.2, -0.15) is 13.2 Å². The molecule has 3 heterocycles. The number of benzene rings is 3. The van der Waals surface area contributed by atoms with Gasteiger partial charge in [0, 0.05) is 44.8 Å². The summed E-state index contributed by atoms with van der Waals surface area (Å²) in [6, 6.07) is 23.1. The van der Waals surface area contributed by atoms with E-state index in [1.165, 1.54) is 24.3 Å². The lowest BCUT2D eigenvalue weighted by Gasteiger charge is -2.34. The Labute approximate surface area is 264 Å². The van der Waals surface area contributed by atoms with Crippen LogP contribution in [0.1, 0.15) is 21.6 Å². The first-order valence-electron chi connectivity index (χ1n) is 14.5. The van der Waals surface area contributed by atoms with Crippen LogP contribution in [0.4, 0.5) is 17.6 Å². The number of nitrogens with zero attached hydrogens (tertiary/aromatic N) is 4. The normalized spacial score (nSPS) is 16.1. The summed E-state index contributed by atoms with van der Waals surface area (Å²) in [6.07, 6.45) is -4.66. The molecule has 0 bridgehead atoms. The highest BCUT2D eigenvalue weighted by Gasteiger charge is 2.43. The summed E-state index contributed by atoms with van der Waals surface area (Å²) in [5.41, 5.74) is 3.02. The highest BCUT2D eigenvalue weighted by Crippen LogP contribution is 2.28. The van der Waals surface area contributed by atoms with Gasteiger partial charge in [0.1, 0.15) is 34.0 Å². The molecule has 1 aromatic heterocycles. The lowest BCUT2D eigenvalue weighted by atomic mass is 10.00. The third kappa shape index (κ3) is 6.95.